The molecule has 1 atom stereocenters. The lowest BCUT2D eigenvalue weighted by Crippen LogP contribution is -2.50. The zero-order chi connectivity index (χ0) is 33.5. The van der Waals surface area contributed by atoms with Crippen molar-refractivity contribution in [3.8, 4) is 0 Å². The van der Waals surface area contributed by atoms with Gasteiger partial charge in [0.15, 0.2) is 5.82 Å². The molecule has 3 aromatic carbocycles. The Bertz CT molecular complexity index is 1760. The molecule has 2 aromatic heterocycles. The van der Waals surface area contributed by atoms with E-state index in [1.54, 1.807) is 26.0 Å². The summed E-state index contributed by atoms with van der Waals surface area (Å²) in [6.07, 6.45) is -1.17. The summed E-state index contributed by atoms with van der Waals surface area (Å²) >= 11 is 0. The van der Waals surface area contributed by atoms with Gasteiger partial charge in [-0.3, -0.25) is 4.79 Å². The molecule has 2 heterocycles. The Morgan fingerprint density at radius 1 is 0.935 bits per heavy atom. The summed E-state index contributed by atoms with van der Waals surface area (Å²) in [7, 11) is 0. The SMILES string of the molecule is CC(C)(N)C(=O)N[C@H](Cc1c[nH]c2ccccc12)c1nnc(CCc2ccccc2)n1Cc1ccc(F)cc1.O=C(O)C(F)(F)F. The molecule has 0 fully saturated rings. The molecule has 0 saturated heterocycles. The number of amides is 1. The van der Waals surface area contributed by atoms with Gasteiger partial charge in [0.25, 0.3) is 0 Å². The zero-order valence-corrected chi connectivity index (χ0v) is 25.2. The molecule has 0 saturated carbocycles. The molecule has 242 valence electrons. The number of hydrogen-bond acceptors (Lipinski definition) is 5. The molecule has 0 aliphatic carbocycles. The number of carbonyl (C=O) groups is 2. The van der Waals surface area contributed by atoms with E-state index in [0.29, 0.717) is 25.2 Å². The van der Waals surface area contributed by atoms with E-state index in [-0.39, 0.29) is 11.7 Å². The van der Waals surface area contributed by atoms with Crippen LogP contribution in [0.2, 0.25) is 0 Å². The van der Waals surface area contributed by atoms with Crippen molar-refractivity contribution in [2.75, 3.05) is 0 Å². The number of halogens is 4. The Hall–Kier alpha value is -5.04. The third-order valence-corrected chi connectivity index (χ3v) is 7.13. The van der Waals surface area contributed by atoms with Gasteiger partial charge in [-0.1, -0.05) is 60.7 Å². The first-order valence-electron chi connectivity index (χ1n) is 14.4. The number of carbonyl (C=O) groups excluding carboxylic acids is 1. The number of nitrogens with one attached hydrogen (secondary N) is 2. The van der Waals surface area contributed by atoms with Crippen molar-refractivity contribution >= 4 is 22.8 Å². The predicted molar refractivity (Wildman–Crippen MR) is 164 cm³/mol. The van der Waals surface area contributed by atoms with Crippen LogP contribution in [0.4, 0.5) is 17.6 Å². The second kappa shape index (κ2) is 14.4. The van der Waals surface area contributed by atoms with Crippen LogP contribution in [0.25, 0.3) is 10.9 Å². The van der Waals surface area contributed by atoms with Crippen LogP contribution >= 0.6 is 0 Å². The highest BCUT2D eigenvalue weighted by atomic mass is 19.4. The van der Waals surface area contributed by atoms with E-state index in [1.807, 2.05) is 47.2 Å². The summed E-state index contributed by atoms with van der Waals surface area (Å²) in [6.45, 7) is 3.80. The summed E-state index contributed by atoms with van der Waals surface area (Å²) in [6, 6.07) is 24.2. The number of rotatable bonds is 10. The maximum Gasteiger partial charge on any atom is 0.490 e. The minimum atomic E-state index is -5.08. The highest BCUT2D eigenvalue weighted by Gasteiger charge is 2.38. The van der Waals surface area contributed by atoms with E-state index < -0.39 is 23.7 Å². The average Bonchev–Trinajstić information content (AvgIpc) is 3.60. The largest absolute Gasteiger partial charge is 0.490 e. The Morgan fingerprint density at radius 3 is 2.20 bits per heavy atom. The van der Waals surface area contributed by atoms with E-state index >= 15 is 0 Å². The number of hydrogen-bond donors (Lipinski definition) is 4. The fraction of sp³-hybridized carbons (Fsp3) is 0.273. The number of H-pyrrole nitrogens is 1. The maximum absolute atomic E-state index is 13.7. The number of carboxylic acids is 1. The van der Waals surface area contributed by atoms with Crippen LogP contribution in [-0.2, 0) is 35.4 Å². The smallest absolute Gasteiger partial charge is 0.475 e. The Balaban J connectivity index is 0.000000617. The van der Waals surface area contributed by atoms with Crippen molar-refractivity contribution in [1.82, 2.24) is 25.1 Å². The van der Waals surface area contributed by atoms with Crippen molar-refractivity contribution in [2.24, 2.45) is 5.73 Å². The molecule has 0 aliphatic heterocycles. The molecule has 9 nitrogen and oxygen atoms in total. The Morgan fingerprint density at radius 2 is 1.57 bits per heavy atom. The number of aromatic nitrogens is 4. The number of aromatic amines is 1. The molecule has 0 radical (unpaired) electrons. The number of alkyl halides is 3. The highest BCUT2D eigenvalue weighted by Crippen LogP contribution is 2.26. The van der Waals surface area contributed by atoms with Crippen molar-refractivity contribution in [2.45, 2.75) is 57.4 Å². The fourth-order valence-corrected chi connectivity index (χ4v) is 4.71. The van der Waals surface area contributed by atoms with Crippen LogP contribution in [0.15, 0.2) is 85.1 Å². The number of nitrogens with zero attached hydrogens (tertiary/aromatic N) is 3. The lowest BCUT2D eigenvalue weighted by Gasteiger charge is -2.25. The number of aryl methyl sites for hydroxylation is 2. The van der Waals surface area contributed by atoms with Gasteiger partial charge in [0.1, 0.15) is 11.6 Å². The quantitative estimate of drug-likeness (QED) is 0.149. The first kappa shape index (κ1) is 33.8. The third kappa shape index (κ3) is 9.00. The van der Waals surface area contributed by atoms with Gasteiger partial charge in [-0.2, -0.15) is 13.2 Å². The predicted octanol–water partition coefficient (Wildman–Crippen LogP) is 5.50. The molecule has 0 aliphatic rings. The van der Waals surface area contributed by atoms with Gasteiger partial charge >= 0.3 is 12.1 Å². The van der Waals surface area contributed by atoms with Crippen LogP contribution < -0.4 is 11.1 Å². The lowest BCUT2D eigenvalue weighted by molar-refractivity contribution is -0.192. The summed E-state index contributed by atoms with van der Waals surface area (Å²) in [4.78, 5) is 25.3. The van der Waals surface area contributed by atoms with E-state index in [2.05, 4.69) is 38.7 Å². The van der Waals surface area contributed by atoms with Crippen LogP contribution in [0, 0.1) is 5.82 Å². The van der Waals surface area contributed by atoms with Crippen LogP contribution in [0.3, 0.4) is 0 Å². The molecule has 5 aromatic rings. The number of nitrogens with two attached hydrogens (primary N) is 1. The minimum Gasteiger partial charge on any atom is -0.475 e. The summed E-state index contributed by atoms with van der Waals surface area (Å²) in [5.41, 5.74) is 9.27. The molecule has 0 spiro atoms. The van der Waals surface area contributed by atoms with Crippen molar-refractivity contribution < 1.29 is 32.3 Å². The van der Waals surface area contributed by atoms with Gasteiger partial charge in [-0.25, -0.2) is 9.18 Å². The van der Waals surface area contributed by atoms with Crippen molar-refractivity contribution in [3.63, 3.8) is 0 Å². The molecular formula is C33H34F4N6O3. The topological polar surface area (TPSA) is 139 Å². The Labute approximate surface area is 262 Å². The monoisotopic (exact) mass is 638 g/mol. The number of para-hydroxylation sites is 1. The summed E-state index contributed by atoms with van der Waals surface area (Å²) < 4.78 is 47.4. The van der Waals surface area contributed by atoms with Gasteiger partial charge in [0.05, 0.1) is 18.1 Å². The lowest BCUT2D eigenvalue weighted by atomic mass is 10.0. The van der Waals surface area contributed by atoms with Crippen molar-refractivity contribution in [1.29, 1.82) is 0 Å². The second-order valence-corrected chi connectivity index (χ2v) is 11.3. The molecular weight excluding hydrogens is 604 g/mol. The van der Waals surface area contributed by atoms with E-state index in [0.717, 1.165) is 34.3 Å². The molecule has 1 amide bonds. The van der Waals surface area contributed by atoms with E-state index in [9.17, 15) is 22.4 Å². The molecule has 5 N–H and O–H groups in total. The molecule has 0 unspecified atom stereocenters. The normalized spacial score (nSPS) is 12.3. The van der Waals surface area contributed by atoms with Crippen LogP contribution in [-0.4, -0.2) is 48.4 Å². The van der Waals surface area contributed by atoms with Gasteiger partial charge < -0.3 is 25.7 Å². The number of aliphatic carboxylic acids is 1. The summed E-state index contributed by atoms with van der Waals surface area (Å²) in [5.74, 6) is -1.91. The van der Waals surface area contributed by atoms with Gasteiger partial charge in [0.2, 0.25) is 5.91 Å². The molecule has 5 rings (SSSR count). The maximum atomic E-state index is 13.7. The fourth-order valence-electron chi connectivity index (χ4n) is 4.71. The summed E-state index contributed by atoms with van der Waals surface area (Å²) in [5, 5.41) is 20.5. The first-order chi connectivity index (χ1) is 21.7. The zero-order valence-electron chi connectivity index (χ0n) is 25.2. The van der Waals surface area contributed by atoms with Gasteiger partial charge in [-0.05, 0) is 55.2 Å². The molecule has 0 bridgehead atoms. The molecule has 46 heavy (non-hydrogen) atoms. The minimum absolute atomic E-state index is 0.283. The highest BCUT2D eigenvalue weighted by molar-refractivity contribution is 5.86. The second-order valence-electron chi connectivity index (χ2n) is 11.3. The Kier molecular flexibility index (Phi) is 10.6. The van der Waals surface area contributed by atoms with Crippen LogP contribution in [0.1, 0.15) is 48.2 Å². The van der Waals surface area contributed by atoms with Crippen molar-refractivity contribution in [3.05, 3.63) is 119 Å². The van der Waals surface area contributed by atoms with Crippen LogP contribution in [0.5, 0.6) is 0 Å². The van der Waals surface area contributed by atoms with Gasteiger partial charge in [0, 0.05) is 29.9 Å². The molecule has 13 heteroatoms. The third-order valence-electron chi connectivity index (χ3n) is 7.13. The standard InChI is InChI=1S/C31H33FN6O.C2HF3O2/c1-31(2,33)30(39)35-27(18-23-19-34-26-11-7-6-10-25(23)26)29-37-36-28(17-14-21-8-4-3-5-9-21)38(29)20-22-12-15-24(32)16-13-22;3-2(4,5)1(6)7/h3-13,15-16,19,27,34H,14,17-18,20,33H2,1-2H3,(H,35,39);(H,6,7)/t27-;/m1./s1. The van der Waals surface area contributed by atoms with Gasteiger partial charge in [-0.15, -0.1) is 10.2 Å². The number of benzene rings is 3. The number of fused-ring (bicyclic) bond motifs is 1. The number of carboxylic acid groups (broad SMARTS) is 1. The van der Waals surface area contributed by atoms with E-state index in [1.165, 1.54) is 17.7 Å². The van der Waals surface area contributed by atoms with E-state index in [4.69, 9.17) is 15.6 Å². The average molecular weight is 639 g/mol. The first-order valence-corrected chi connectivity index (χ1v) is 14.4.